The van der Waals surface area contributed by atoms with Gasteiger partial charge in [0.05, 0.1) is 5.60 Å². The molecule has 2 nitrogen and oxygen atoms in total. The minimum Gasteiger partial charge on any atom is -0.396 e. The van der Waals surface area contributed by atoms with Crippen LogP contribution >= 0.6 is 0 Å². The predicted molar refractivity (Wildman–Crippen MR) is 71.8 cm³/mol. The molecule has 1 fully saturated rings. The Labute approximate surface area is 102 Å². The molecule has 0 spiro atoms. The molecule has 0 aromatic carbocycles. The molecule has 1 aliphatic rings. The third-order valence-electron chi connectivity index (χ3n) is 2.37. The summed E-state index contributed by atoms with van der Waals surface area (Å²) in [6.07, 6.45) is 4.75. The zero-order chi connectivity index (χ0) is 13.0. The van der Waals surface area contributed by atoms with Crippen LogP contribution in [-0.2, 0) is 4.74 Å². The summed E-state index contributed by atoms with van der Waals surface area (Å²) in [4.78, 5) is 0. The van der Waals surface area contributed by atoms with Gasteiger partial charge in [-0.2, -0.15) is 0 Å². The summed E-state index contributed by atoms with van der Waals surface area (Å²) < 4.78 is 5.47. The lowest BCUT2D eigenvalue weighted by atomic mass is 9.99. The van der Waals surface area contributed by atoms with E-state index in [2.05, 4.69) is 27.7 Å². The fourth-order valence-corrected chi connectivity index (χ4v) is 1.33. The smallest absolute Gasteiger partial charge is 0.0626 e. The van der Waals surface area contributed by atoms with E-state index in [0.29, 0.717) is 12.5 Å². The van der Waals surface area contributed by atoms with Crippen LogP contribution < -0.4 is 0 Å². The predicted octanol–water partition coefficient (Wildman–Crippen LogP) is 4.02. The van der Waals surface area contributed by atoms with E-state index < -0.39 is 0 Å². The molecule has 1 N–H and O–H groups in total. The molecular weight excluding hydrogens is 200 g/mol. The summed E-state index contributed by atoms with van der Waals surface area (Å²) in [5.41, 5.74) is 0.179. The fraction of sp³-hybridized carbons (Fsp3) is 1.00. The first-order valence-electron chi connectivity index (χ1n) is 6.73. The Bertz CT molecular complexity index is 123. The van der Waals surface area contributed by atoms with Crippen LogP contribution in [0.1, 0.15) is 67.2 Å². The van der Waals surface area contributed by atoms with Crippen LogP contribution in [-0.4, -0.2) is 23.9 Å². The van der Waals surface area contributed by atoms with Crippen molar-refractivity contribution in [1.29, 1.82) is 0 Å². The first kappa shape index (κ1) is 18.3. The molecule has 16 heavy (non-hydrogen) atoms. The molecule has 0 aliphatic carbocycles. The molecule has 0 atom stereocenters. The van der Waals surface area contributed by atoms with Gasteiger partial charge in [-0.3, -0.25) is 0 Å². The SMILES string of the molecule is CC.CC(C)CCO.CC1(C)CCCCO1. The minimum atomic E-state index is 0.179. The Morgan fingerprint density at radius 2 is 1.75 bits per heavy atom. The summed E-state index contributed by atoms with van der Waals surface area (Å²) in [5.74, 6) is 0.648. The van der Waals surface area contributed by atoms with E-state index in [1.165, 1.54) is 19.3 Å². The number of aliphatic hydroxyl groups is 1. The molecule has 1 heterocycles. The molecule has 1 saturated heterocycles. The summed E-state index contributed by atoms with van der Waals surface area (Å²) in [5, 5.41) is 8.24. The fourth-order valence-electron chi connectivity index (χ4n) is 1.33. The molecule has 0 radical (unpaired) electrons. The lowest BCUT2D eigenvalue weighted by molar-refractivity contribution is -0.0511. The first-order valence-corrected chi connectivity index (χ1v) is 6.73. The standard InChI is InChI=1S/C7H14O.C5H12O.C2H6/c1-7(2)5-3-4-6-8-7;1-5(2)3-4-6;1-2/h3-6H2,1-2H3;5-6H,3-4H2,1-2H3;1-2H3. The third kappa shape index (κ3) is 13.9. The molecule has 0 bridgehead atoms. The number of hydrogen-bond acceptors (Lipinski definition) is 2. The van der Waals surface area contributed by atoms with E-state index >= 15 is 0 Å². The van der Waals surface area contributed by atoms with Gasteiger partial charge in [0.2, 0.25) is 0 Å². The summed E-state index contributed by atoms with van der Waals surface area (Å²) >= 11 is 0. The molecule has 0 aromatic heterocycles. The highest BCUT2D eigenvalue weighted by molar-refractivity contribution is 4.71. The lowest BCUT2D eigenvalue weighted by Gasteiger charge is -2.29. The van der Waals surface area contributed by atoms with Gasteiger partial charge in [-0.15, -0.1) is 0 Å². The van der Waals surface area contributed by atoms with Gasteiger partial charge in [0.1, 0.15) is 0 Å². The summed E-state index contributed by atoms with van der Waals surface area (Å²) in [6, 6.07) is 0. The molecule has 0 aromatic rings. The Morgan fingerprint density at radius 1 is 1.19 bits per heavy atom. The second-order valence-electron chi connectivity index (χ2n) is 4.97. The summed E-state index contributed by atoms with van der Waals surface area (Å²) in [6.45, 7) is 13.8. The van der Waals surface area contributed by atoms with Crippen LogP contribution in [0.5, 0.6) is 0 Å². The Morgan fingerprint density at radius 3 is 1.88 bits per heavy atom. The van der Waals surface area contributed by atoms with Crippen LogP contribution in [0.15, 0.2) is 0 Å². The molecule has 1 rings (SSSR count). The Hall–Kier alpha value is -0.0800. The highest BCUT2D eigenvalue weighted by atomic mass is 16.5. The Kier molecular flexibility index (Phi) is 13.0. The summed E-state index contributed by atoms with van der Waals surface area (Å²) in [7, 11) is 0. The van der Waals surface area contributed by atoms with Gasteiger partial charge in [-0.05, 0) is 45.4 Å². The molecule has 0 unspecified atom stereocenters. The maximum absolute atomic E-state index is 8.24. The normalized spacial score (nSPS) is 18.0. The average Bonchev–Trinajstić information content (AvgIpc) is 2.21. The van der Waals surface area contributed by atoms with Crippen LogP contribution in [0.25, 0.3) is 0 Å². The lowest BCUT2D eigenvalue weighted by Crippen LogP contribution is -2.28. The quantitative estimate of drug-likeness (QED) is 0.779. The maximum atomic E-state index is 8.24. The van der Waals surface area contributed by atoms with Crippen molar-refractivity contribution in [2.24, 2.45) is 5.92 Å². The van der Waals surface area contributed by atoms with E-state index in [9.17, 15) is 0 Å². The number of aliphatic hydroxyl groups excluding tert-OH is 1. The number of rotatable bonds is 2. The van der Waals surface area contributed by atoms with E-state index in [1.54, 1.807) is 0 Å². The monoisotopic (exact) mass is 232 g/mol. The van der Waals surface area contributed by atoms with Gasteiger partial charge >= 0.3 is 0 Å². The second kappa shape index (κ2) is 11.4. The molecule has 1 aliphatic heterocycles. The molecule has 100 valence electrons. The highest BCUT2D eigenvalue weighted by Crippen LogP contribution is 2.22. The zero-order valence-electron chi connectivity index (χ0n) is 12.2. The average molecular weight is 232 g/mol. The largest absolute Gasteiger partial charge is 0.396 e. The van der Waals surface area contributed by atoms with Crippen molar-refractivity contribution in [2.75, 3.05) is 13.2 Å². The third-order valence-corrected chi connectivity index (χ3v) is 2.37. The number of hydrogen-bond donors (Lipinski definition) is 1. The van der Waals surface area contributed by atoms with Crippen molar-refractivity contribution in [2.45, 2.75) is 72.8 Å². The van der Waals surface area contributed by atoms with E-state index in [1.807, 2.05) is 13.8 Å². The minimum absolute atomic E-state index is 0.179. The Balaban J connectivity index is 0. The van der Waals surface area contributed by atoms with Crippen molar-refractivity contribution < 1.29 is 9.84 Å². The van der Waals surface area contributed by atoms with Crippen LogP contribution in [0.3, 0.4) is 0 Å². The van der Waals surface area contributed by atoms with Crippen LogP contribution in [0.4, 0.5) is 0 Å². The topological polar surface area (TPSA) is 29.5 Å². The molecule has 0 saturated carbocycles. The number of ether oxygens (including phenoxy) is 1. The van der Waals surface area contributed by atoms with Gasteiger partial charge < -0.3 is 9.84 Å². The zero-order valence-corrected chi connectivity index (χ0v) is 12.2. The van der Waals surface area contributed by atoms with Gasteiger partial charge in [0, 0.05) is 13.2 Å². The van der Waals surface area contributed by atoms with Crippen molar-refractivity contribution >= 4 is 0 Å². The van der Waals surface area contributed by atoms with Crippen molar-refractivity contribution in [3.05, 3.63) is 0 Å². The molecular formula is C14H32O2. The van der Waals surface area contributed by atoms with Crippen molar-refractivity contribution in [1.82, 2.24) is 0 Å². The maximum Gasteiger partial charge on any atom is 0.0626 e. The van der Waals surface area contributed by atoms with E-state index in [-0.39, 0.29) is 5.60 Å². The van der Waals surface area contributed by atoms with Crippen molar-refractivity contribution in [3.63, 3.8) is 0 Å². The van der Waals surface area contributed by atoms with Crippen LogP contribution in [0, 0.1) is 5.92 Å². The van der Waals surface area contributed by atoms with E-state index in [0.717, 1.165) is 13.0 Å². The second-order valence-corrected chi connectivity index (χ2v) is 4.97. The van der Waals surface area contributed by atoms with Crippen molar-refractivity contribution in [3.8, 4) is 0 Å². The first-order chi connectivity index (χ1) is 7.48. The van der Waals surface area contributed by atoms with Gasteiger partial charge in [-0.25, -0.2) is 0 Å². The highest BCUT2D eigenvalue weighted by Gasteiger charge is 2.20. The molecule has 0 amide bonds. The van der Waals surface area contributed by atoms with Crippen LogP contribution in [0.2, 0.25) is 0 Å². The van der Waals surface area contributed by atoms with Gasteiger partial charge in [0.25, 0.3) is 0 Å². The van der Waals surface area contributed by atoms with Gasteiger partial charge in [-0.1, -0.05) is 27.7 Å². The van der Waals surface area contributed by atoms with Gasteiger partial charge in [0.15, 0.2) is 0 Å². The van der Waals surface area contributed by atoms with E-state index in [4.69, 9.17) is 9.84 Å². The molecule has 2 heteroatoms.